The fourth-order valence-corrected chi connectivity index (χ4v) is 1.88. The average molecular weight is 277 g/mol. The van der Waals surface area contributed by atoms with Crippen molar-refractivity contribution < 1.29 is 4.74 Å². The second-order valence-electron chi connectivity index (χ2n) is 4.27. The Labute approximate surface area is 118 Å². The molecule has 19 heavy (non-hydrogen) atoms. The van der Waals surface area contributed by atoms with Gasteiger partial charge in [0.25, 0.3) is 0 Å². The van der Waals surface area contributed by atoms with Gasteiger partial charge in [0.2, 0.25) is 0 Å². The molecule has 1 heterocycles. The standard InChI is InChI=1S/C15H17ClN2O/c1-3-17-9-12-8-13(16)5-7-15(12)19-14-6-4-11(2)18-10-14/h4-8,10,17H,3,9H2,1-2H3. The van der Waals surface area contributed by atoms with Crippen molar-refractivity contribution in [1.29, 1.82) is 0 Å². The first-order valence-electron chi connectivity index (χ1n) is 6.28. The predicted octanol–water partition coefficient (Wildman–Crippen LogP) is 3.95. The minimum absolute atomic E-state index is 0.710. The number of aryl methyl sites for hydroxylation is 1. The first kappa shape index (κ1) is 13.8. The van der Waals surface area contributed by atoms with Gasteiger partial charge in [-0.2, -0.15) is 0 Å². The molecular formula is C15H17ClN2O. The maximum atomic E-state index is 6.02. The first-order chi connectivity index (χ1) is 9.19. The molecule has 1 aromatic heterocycles. The van der Waals surface area contributed by atoms with E-state index in [1.54, 1.807) is 6.20 Å². The van der Waals surface area contributed by atoms with Crippen LogP contribution in [0.1, 0.15) is 18.2 Å². The summed E-state index contributed by atoms with van der Waals surface area (Å²) in [6.07, 6.45) is 1.72. The summed E-state index contributed by atoms with van der Waals surface area (Å²) in [6.45, 7) is 5.64. The highest BCUT2D eigenvalue weighted by molar-refractivity contribution is 6.30. The highest BCUT2D eigenvalue weighted by Crippen LogP contribution is 2.27. The summed E-state index contributed by atoms with van der Waals surface area (Å²) >= 11 is 6.02. The van der Waals surface area contributed by atoms with Crippen molar-refractivity contribution in [2.75, 3.05) is 6.54 Å². The zero-order valence-electron chi connectivity index (χ0n) is 11.1. The molecule has 2 aromatic rings. The maximum Gasteiger partial charge on any atom is 0.145 e. The lowest BCUT2D eigenvalue weighted by Crippen LogP contribution is -2.12. The minimum atomic E-state index is 0.710. The number of halogens is 1. The molecule has 0 spiro atoms. The Morgan fingerprint density at radius 3 is 2.79 bits per heavy atom. The van der Waals surface area contributed by atoms with Crippen molar-refractivity contribution in [3.63, 3.8) is 0 Å². The third kappa shape index (κ3) is 3.94. The largest absolute Gasteiger partial charge is 0.455 e. The van der Waals surface area contributed by atoms with Gasteiger partial charge in [0.1, 0.15) is 11.5 Å². The molecule has 3 nitrogen and oxygen atoms in total. The smallest absolute Gasteiger partial charge is 0.145 e. The van der Waals surface area contributed by atoms with E-state index in [1.807, 2.05) is 37.3 Å². The van der Waals surface area contributed by atoms with Crippen LogP contribution in [0.2, 0.25) is 5.02 Å². The third-order valence-corrected chi connectivity index (χ3v) is 2.94. The molecule has 1 N–H and O–H groups in total. The molecule has 2 rings (SSSR count). The Kier molecular flexibility index (Phi) is 4.77. The van der Waals surface area contributed by atoms with Gasteiger partial charge in [-0.3, -0.25) is 4.98 Å². The van der Waals surface area contributed by atoms with Crippen molar-refractivity contribution in [2.45, 2.75) is 20.4 Å². The molecule has 100 valence electrons. The Hall–Kier alpha value is -1.58. The van der Waals surface area contributed by atoms with Gasteiger partial charge < -0.3 is 10.1 Å². The monoisotopic (exact) mass is 276 g/mol. The Morgan fingerprint density at radius 1 is 1.26 bits per heavy atom. The zero-order valence-corrected chi connectivity index (χ0v) is 11.9. The molecule has 0 amide bonds. The summed E-state index contributed by atoms with van der Waals surface area (Å²) in [5, 5.41) is 3.98. The fourth-order valence-electron chi connectivity index (χ4n) is 1.69. The second-order valence-corrected chi connectivity index (χ2v) is 4.71. The van der Waals surface area contributed by atoms with E-state index in [9.17, 15) is 0 Å². The van der Waals surface area contributed by atoms with Crippen LogP contribution >= 0.6 is 11.6 Å². The van der Waals surface area contributed by atoms with Gasteiger partial charge in [0.05, 0.1) is 6.20 Å². The fraction of sp³-hybridized carbons (Fsp3) is 0.267. The maximum absolute atomic E-state index is 6.02. The van der Waals surface area contributed by atoms with Crippen LogP contribution in [-0.2, 0) is 6.54 Å². The first-order valence-corrected chi connectivity index (χ1v) is 6.66. The highest BCUT2D eigenvalue weighted by atomic mass is 35.5. The number of aromatic nitrogens is 1. The Balaban J connectivity index is 2.20. The van der Waals surface area contributed by atoms with Crippen LogP contribution in [0, 0.1) is 6.92 Å². The molecule has 1 aromatic carbocycles. The number of nitrogens with zero attached hydrogens (tertiary/aromatic N) is 1. The molecule has 0 saturated heterocycles. The van der Waals surface area contributed by atoms with E-state index in [2.05, 4.69) is 17.2 Å². The van der Waals surface area contributed by atoms with E-state index in [1.165, 1.54) is 0 Å². The molecule has 0 atom stereocenters. The summed E-state index contributed by atoms with van der Waals surface area (Å²) < 4.78 is 5.86. The molecule has 0 unspecified atom stereocenters. The van der Waals surface area contributed by atoms with Crippen molar-refractivity contribution in [3.8, 4) is 11.5 Å². The lowest BCUT2D eigenvalue weighted by molar-refractivity contribution is 0.471. The summed E-state index contributed by atoms with van der Waals surface area (Å²) in [5.41, 5.74) is 2.01. The summed E-state index contributed by atoms with van der Waals surface area (Å²) in [7, 11) is 0. The summed E-state index contributed by atoms with van der Waals surface area (Å²) in [5.74, 6) is 1.53. The molecule has 0 fully saturated rings. The quantitative estimate of drug-likeness (QED) is 0.898. The van der Waals surface area contributed by atoms with E-state index in [0.717, 1.165) is 35.8 Å². The van der Waals surface area contributed by atoms with E-state index >= 15 is 0 Å². The SMILES string of the molecule is CCNCc1cc(Cl)ccc1Oc1ccc(C)nc1. The lowest BCUT2D eigenvalue weighted by Gasteiger charge is -2.12. The Bertz CT molecular complexity index is 540. The van der Waals surface area contributed by atoms with Crippen LogP contribution in [0.25, 0.3) is 0 Å². The minimum Gasteiger partial charge on any atom is -0.455 e. The van der Waals surface area contributed by atoms with E-state index in [0.29, 0.717) is 5.02 Å². The van der Waals surface area contributed by atoms with Gasteiger partial charge in [0, 0.05) is 22.8 Å². The van der Waals surface area contributed by atoms with Gasteiger partial charge in [0.15, 0.2) is 0 Å². The number of benzene rings is 1. The van der Waals surface area contributed by atoms with Gasteiger partial charge >= 0.3 is 0 Å². The number of nitrogens with one attached hydrogen (secondary N) is 1. The second kappa shape index (κ2) is 6.55. The molecule has 0 saturated carbocycles. The van der Waals surface area contributed by atoms with Crippen LogP contribution in [-0.4, -0.2) is 11.5 Å². The molecular weight excluding hydrogens is 260 g/mol. The van der Waals surface area contributed by atoms with Crippen LogP contribution in [0.5, 0.6) is 11.5 Å². The van der Waals surface area contributed by atoms with Crippen molar-refractivity contribution in [1.82, 2.24) is 10.3 Å². The van der Waals surface area contributed by atoms with E-state index < -0.39 is 0 Å². The van der Waals surface area contributed by atoms with Crippen LogP contribution < -0.4 is 10.1 Å². The third-order valence-electron chi connectivity index (χ3n) is 2.70. The zero-order chi connectivity index (χ0) is 13.7. The van der Waals surface area contributed by atoms with E-state index in [-0.39, 0.29) is 0 Å². The predicted molar refractivity (Wildman–Crippen MR) is 77.9 cm³/mol. The number of rotatable bonds is 5. The summed E-state index contributed by atoms with van der Waals surface area (Å²) in [6, 6.07) is 9.47. The molecule has 0 radical (unpaired) electrons. The molecule has 0 aliphatic rings. The van der Waals surface area contributed by atoms with Gasteiger partial charge in [-0.05, 0) is 43.8 Å². The number of pyridine rings is 1. The van der Waals surface area contributed by atoms with Crippen molar-refractivity contribution in [3.05, 3.63) is 52.8 Å². The number of hydrogen-bond donors (Lipinski definition) is 1. The van der Waals surface area contributed by atoms with Crippen LogP contribution in [0.4, 0.5) is 0 Å². The number of hydrogen-bond acceptors (Lipinski definition) is 3. The van der Waals surface area contributed by atoms with Crippen molar-refractivity contribution >= 4 is 11.6 Å². The molecule has 4 heteroatoms. The lowest BCUT2D eigenvalue weighted by atomic mass is 10.2. The van der Waals surface area contributed by atoms with E-state index in [4.69, 9.17) is 16.3 Å². The van der Waals surface area contributed by atoms with Gasteiger partial charge in [-0.1, -0.05) is 18.5 Å². The van der Waals surface area contributed by atoms with Crippen LogP contribution in [0.3, 0.4) is 0 Å². The van der Waals surface area contributed by atoms with Crippen LogP contribution in [0.15, 0.2) is 36.5 Å². The van der Waals surface area contributed by atoms with Crippen molar-refractivity contribution in [2.24, 2.45) is 0 Å². The summed E-state index contributed by atoms with van der Waals surface area (Å²) in [4.78, 5) is 4.22. The highest BCUT2D eigenvalue weighted by Gasteiger charge is 2.06. The van der Waals surface area contributed by atoms with Gasteiger partial charge in [-0.15, -0.1) is 0 Å². The average Bonchev–Trinajstić information content (AvgIpc) is 2.41. The molecule has 0 aliphatic heterocycles. The molecule has 0 aliphatic carbocycles. The Morgan fingerprint density at radius 2 is 2.11 bits per heavy atom. The topological polar surface area (TPSA) is 34.1 Å². The molecule has 0 bridgehead atoms. The number of ether oxygens (including phenoxy) is 1. The normalized spacial score (nSPS) is 10.5. The van der Waals surface area contributed by atoms with Gasteiger partial charge in [-0.25, -0.2) is 0 Å².